The number of fused-ring (bicyclic) bond motifs is 2. The minimum atomic E-state index is -0.718. The van der Waals surface area contributed by atoms with Crippen molar-refractivity contribution in [1.29, 1.82) is 0 Å². The van der Waals surface area contributed by atoms with E-state index >= 15 is 4.39 Å². The molecule has 1 aliphatic heterocycles. The average molecular weight is 616 g/mol. The van der Waals surface area contributed by atoms with Crippen molar-refractivity contribution >= 4 is 33.3 Å². The van der Waals surface area contributed by atoms with E-state index in [9.17, 15) is 4.39 Å². The highest BCUT2D eigenvalue weighted by molar-refractivity contribution is 6.04. The highest BCUT2D eigenvalue weighted by Crippen LogP contribution is 2.47. The number of benzene rings is 2. The van der Waals surface area contributed by atoms with Gasteiger partial charge < -0.3 is 25.8 Å². The first-order valence-electron chi connectivity index (χ1n) is 15.7. The Morgan fingerprint density at radius 2 is 1.89 bits per heavy atom. The molecule has 236 valence electrons. The van der Waals surface area contributed by atoms with Crippen LogP contribution in [0.5, 0.6) is 6.01 Å². The molecule has 2 aromatic carbocycles. The highest BCUT2D eigenvalue weighted by Gasteiger charge is 2.45. The third-order valence-electron chi connectivity index (χ3n) is 8.62. The first-order chi connectivity index (χ1) is 21.9. The number of unbranched alkanes of at least 4 members (excludes halogenated alkanes) is 1. The Kier molecular flexibility index (Phi) is 9.26. The minimum Gasteiger partial charge on any atom is -0.463 e. The van der Waals surface area contributed by atoms with Gasteiger partial charge in [-0.05, 0) is 37.3 Å². The first kappa shape index (κ1) is 30.9. The number of pyridine rings is 1. The zero-order chi connectivity index (χ0) is 31.4. The van der Waals surface area contributed by atoms with Crippen LogP contribution in [0.1, 0.15) is 38.2 Å². The van der Waals surface area contributed by atoms with Gasteiger partial charge in [-0.25, -0.2) is 13.8 Å². The number of nitrogens with zero attached hydrogens (tertiary/aromatic N) is 4. The molecule has 0 radical (unpaired) electrons. The predicted molar refractivity (Wildman–Crippen MR) is 173 cm³/mol. The highest BCUT2D eigenvalue weighted by atomic mass is 19.1. The fourth-order valence-corrected chi connectivity index (χ4v) is 5.91. The van der Waals surface area contributed by atoms with Crippen molar-refractivity contribution in [2.24, 2.45) is 5.41 Å². The maximum Gasteiger partial charge on any atom is 0.319 e. The fourth-order valence-electron chi connectivity index (χ4n) is 5.91. The van der Waals surface area contributed by atoms with Gasteiger partial charge in [0.15, 0.2) is 5.82 Å². The number of hydrogen-bond donors (Lipinski definition) is 3. The number of rotatable bonds is 13. The molecule has 6 rings (SSSR count). The second-order valence-electron chi connectivity index (χ2n) is 11.9. The van der Waals surface area contributed by atoms with Crippen LogP contribution >= 0.6 is 0 Å². The summed E-state index contributed by atoms with van der Waals surface area (Å²) in [5.41, 5.74) is 6.76. The molecule has 0 unspecified atom stereocenters. The SMILES string of the molecule is C#Cc1c(F)ccc2cccc(-c3nc(N)c4c(NCCNCCCC)nc(OCC5(CN6CCOCC6)CC5)nc4c3F)c12. The molecule has 9 nitrogen and oxygen atoms in total. The van der Waals surface area contributed by atoms with E-state index in [-0.39, 0.29) is 39.4 Å². The van der Waals surface area contributed by atoms with Crippen molar-refractivity contribution in [2.75, 3.05) is 70.1 Å². The summed E-state index contributed by atoms with van der Waals surface area (Å²) >= 11 is 0. The van der Waals surface area contributed by atoms with Crippen LogP contribution < -0.4 is 21.1 Å². The molecule has 2 fully saturated rings. The van der Waals surface area contributed by atoms with Crippen molar-refractivity contribution < 1.29 is 18.3 Å². The third-order valence-corrected chi connectivity index (χ3v) is 8.62. The number of anilines is 2. The molecule has 0 spiro atoms. The number of hydrogen-bond acceptors (Lipinski definition) is 9. The Hall–Kier alpha value is -4.11. The largest absolute Gasteiger partial charge is 0.463 e. The molecule has 3 heterocycles. The second-order valence-corrected chi connectivity index (χ2v) is 11.9. The summed E-state index contributed by atoms with van der Waals surface area (Å²) in [4.78, 5) is 16.0. The standard InChI is InChI=1S/C34H39F2N7O2/c1-3-5-13-38-14-15-39-32-27-30(41-33(42-32)45-21-34(11-12-34)20-43-16-18-44-19-17-43)28(36)29(40-31(27)37)24-8-6-7-22-9-10-25(35)23(4-2)26(22)24/h2,6-10,38H,3,5,11-21H2,1H3,(H2,37,40)(H,39,41,42). The van der Waals surface area contributed by atoms with Crippen LogP contribution in [0, 0.1) is 29.4 Å². The number of morpholine rings is 1. The van der Waals surface area contributed by atoms with Crippen molar-refractivity contribution in [2.45, 2.75) is 32.6 Å². The lowest BCUT2D eigenvalue weighted by molar-refractivity contribution is 0.0231. The van der Waals surface area contributed by atoms with E-state index in [4.69, 9.17) is 21.6 Å². The van der Waals surface area contributed by atoms with Gasteiger partial charge in [0.05, 0.1) is 30.8 Å². The zero-order valence-corrected chi connectivity index (χ0v) is 25.6. The van der Waals surface area contributed by atoms with E-state index in [0.717, 1.165) is 65.1 Å². The lowest BCUT2D eigenvalue weighted by Crippen LogP contribution is -2.41. The summed E-state index contributed by atoms with van der Waals surface area (Å²) in [5.74, 6) is 1.50. The van der Waals surface area contributed by atoms with Crippen molar-refractivity contribution in [1.82, 2.24) is 25.2 Å². The molecule has 0 amide bonds. The Labute approximate surface area is 261 Å². The van der Waals surface area contributed by atoms with Gasteiger partial charge in [0, 0.05) is 49.1 Å². The van der Waals surface area contributed by atoms with Crippen LogP contribution in [0.2, 0.25) is 0 Å². The molecule has 2 aliphatic rings. The molecule has 2 aromatic heterocycles. The van der Waals surface area contributed by atoms with Gasteiger partial charge in [-0.2, -0.15) is 9.97 Å². The zero-order valence-electron chi connectivity index (χ0n) is 25.6. The number of halogens is 2. The summed E-state index contributed by atoms with van der Waals surface area (Å²) in [6, 6.07) is 8.15. The van der Waals surface area contributed by atoms with Crippen molar-refractivity contribution in [3.8, 4) is 29.6 Å². The van der Waals surface area contributed by atoms with Gasteiger partial charge in [0.1, 0.15) is 28.7 Å². The normalized spacial score (nSPS) is 16.1. The molecular formula is C34H39F2N7O2. The maximum atomic E-state index is 16.6. The van der Waals surface area contributed by atoms with Crippen LogP contribution in [-0.2, 0) is 4.74 Å². The van der Waals surface area contributed by atoms with Gasteiger partial charge in [-0.3, -0.25) is 4.90 Å². The Balaban J connectivity index is 1.38. The number of nitrogens with two attached hydrogens (primary N) is 1. The van der Waals surface area contributed by atoms with Crippen molar-refractivity contribution in [3.05, 3.63) is 47.5 Å². The van der Waals surface area contributed by atoms with Gasteiger partial charge >= 0.3 is 6.01 Å². The van der Waals surface area contributed by atoms with Crippen LogP contribution in [0.3, 0.4) is 0 Å². The van der Waals surface area contributed by atoms with Crippen LogP contribution in [0.15, 0.2) is 30.3 Å². The molecule has 45 heavy (non-hydrogen) atoms. The van der Waals surface area contributed by atoms with Crippen LogP contribution in [0.4, 0.5) is 20.4 Å². The number of ether oxygens (including phenoxy) is 2. The van der Waals surface area contributed by atoms with Gasteiger partial charge in [0.25, 0.3) is 0 Å². The third kappa shape index (κ3) is 6.64. The molecule has 0 bridgehead atoms. The summed E-state index contributed by atoms with van der Waals surface area (Å²) in [6.45, 7) is 8.81. The van der Waals surface area contributed by atoms with Crippen molar-refractivity contribution in [3.63, 3.8) is 0 Å². The maximum absolute atomic E-state index is 16.6. The van der Waals surface area contributed by atoms with E-state index in [1.807, 2.05) is 0 Å². The second kappa shape index (κ2) is 13.5. The summed E-state index contributed by atoms with van der Waals surface area (Å²) in [6.07, 6.45) is 9.94. The number of nitrogens with one attached hydrogen (secondary N) is 2. The molecule has 0 atom stereocenters. The molecular weight excluding hydrogens is 576 g/mol. The Morgan fingerprint density at radius 1 is 1.07 bits per heavy atom. The first-order valence-corrected chi connectivity index (χ1v) is 15.7. The van der Waals surface area contributed by atoms with E-state index in [1.165, 1.54) is 6.07 Å². The number of terminal acetylenes is 1. The van der Waals surface area contributed by atoms with E-state index in [0.29, 0.717) is 41.9 Å². The number of nitrogen functional groups attached to an aromatic ring is 1. The molecule has 1 saturated heterocycles. The average Bonchev–Trinajstić information content (AvgIpc) is 3.82. The van der Waals surface area contributed by atoms with Gasteiger partial charge in [-0.1, -0.05) is 43.5 Å². The monoisotopic (exact) mass is 615 g/mol. The molecule has 4 N–H and O–H groups in total. The van der Waals surface area contributed by atoms with Gasteiger partial charge in [0.2, 0.25) is 0 Å². The minimum absolute atomic E-state index is 0.00603. The summed E-state index contributed by atoms with van der Waals surface area (Å²) < 4.78 is 43.1. The summed E-state index contributed by atoms with van der Waals surface area (Å²) in [5, 5.41) is 7.96. The summed E-state index contributed by atoms with van der Waals surface area (Å²) in [7, 11) is 0. The van der Waals surface area contributed by atoms with E-state index in [2.05, 4.69) is 43.3 Å². The lowest BCUT2D eigenvalue weighted by Gasteiger charge is -2.30. The van der Waals surface area contributed by atoms with E-state index in [1.54, 1.807) is 24.3 Å². The van der Waals surface area contributed by atoms with E-state index < -0.39 is 11.6 Å². The Bertz CT molecular complexity index is 1730. The van der Waals surface area contributed by atoms with Gasteiger partial charge in [-0.15, -0.1) is 6.42 Å². The van der Waals surface area contributed by atoms with Crippen LogP contribution in [-0.4, -0.2) is 78.9 Å². The molecule has 1 aliphatic carbocycles. The fraction of sp³-hybridized carbons (Fsp3) is 0.441. The topological polar surface area (TPSA) is 110 Å². The molecule has 11 heteroatoms. The Morgan fingerprint density at radius 3 is 2.64 bits per heavy atom. The predicted octanol–water partition coefficient (Wildman–Crippen LogP) is 4.98. The smallest absolute Gasteiger partial charge is 0.319 e. The lowest BCUT2D eigenvalue weighted by atomic mass is 9.96. The molecule has 4 aromatic rings. The quantitative estimate of drug-likeness (QED) is 0.142. The van der Waals surface area contributed by atoms with Crippen LogP contribution in [0.25, 0.3) is 32.9 Å². The molecule has 1 saturated carbocycles. The number of aromatic nitrogens is 3.